The maximum absolute atomic E-state index is 3.89. The van der Waals surface area contributed by atoms with Crippen LogP contribution in [0.1, 0.15) is 32.0 Å². The second-order valence-corrected chi connectivity index (χ2v) is 2.86. The summed E-state index contributed by atoms with van der Waals surface area (Å²) in [6.07, 6.45) is 2.66. The van der Waals surface area contributed by atoms with Crippen LogP contribution in [-0.4, -0.2) is 16.7 Å². The van der Waals surface area contributed by atoms with Gasteiger partial charge in [0, 0.05) is 25.2 Å². The van der Waals surface area contributed by atoms with E-state index < -0.39 is 0 Å². The molecule has 70 valence electrons. The molecule has 0 fully saturated rings. The van der Waals surface area contributed by atoms with Crippen LogP contribution in [-0.2, 0) is 0 Å². The smallest absolute Gasteiger partial charge is 0.0518 e. The van der Waals surface area contributed by atoms with Gasteiger partial charge >= 0.3 is 0 Å². The minimum absolute atomic E-state index is 0.321. The lowest BCUT2D eigenvalue weighted by Gasteiger charge is -2.09. The van der Waals surface area contributed by atoms with Crippen molar-refractivity contribution in [2.75, 3.05) is 6.54 Å². The van der Waals surface area contributed by atoms with Crippen LogP contribution < -0.4 is 5.32 Å². The number of hydrogen-bond acceptors (Lipinski definition) is 2. The number of hydrogen-bond donors (Lipinski definition) is 2. The highest BCUT2D eigenvalue weighted by atomic mass is 15.1. The van der Waals surface area contributed by atoms with Gasteiger partial charge in [0.25, 0.3) is 0 Å². The van der Waals surface area contributed by atoms with Gasteiger partial charge in [-0.15, -0.1) is 11.8 Å². The van der Waals surface area contributed by atoms with E-state index in [1.165, 1.54) is 0 Å². The van der Waals surface area contributed by atoms with Crippen LogP contribution in [0.4, 0.5) is 0 Å². The monoisotopic (exact) mass is 177 g/mol. The van der Waals surface area contributed by atoms with E-state index in [4.69, 9.17) is 0 Å². The highest BCUT2D eigenvalue weighted by molar-refractivity contribution is 5.03. The van der Waals surface area contributed by atoms with Crippen LogP contribution in [0.25, 0.3) is 0 Å². The van der Waals surface area contributed by atoms with Gasteiger partial charge in [0.1, 0.15) is 0 Å². The molecule has 0 saturated carbocycles. The van der Waals surface area contributed by atoms with E-state index in [1.807, 2.05) is 13.0 Å². The van der Waals surface area contributed by atoms with Crippen molar-refractivity contribution >= 4 is 0 Å². The zero-order valence-corrected chi connectivity index (χ0v) is 8.09. The predicted octanol–water partition coefficient (Wildman–Crippen LogP) is 1.47. The molecule has 1 rings (SSSR count). The summed E-state index contributed by atoms with van der Waals surface area (Å²) in [4.78, 5) is 0. The molecule has 0 radical (unpaired) electrons. The van der Waals surface area contributed by atoms with E-state index in [0.717, 1.165) is 18.7 Å². The lowest BCUT2D eigenvalue weighted by molar-refractivity contribution is 0.569. The summed E-state index contributed by atoms with van der Waals surface area (Å²) < 4.78 is 0. The van der Waals surface area contributed by atoms with Gasteiger partial charge in [-0.2, -0.15) is 5.10 Å². The molecule has 3 nitrogen and oxygen atoms in total. The zero-order valence-electron chi connectivity index (χ0n) is 8.09. The van der Waals surface area contributed by atoms with Crippen LogP contribution in [0.15, 0.2) is 12.3 Å². The van der Waals surface area contributed by atoms with Crippen molar-refractivity contribution in [3.63, 3.8) is 0 Å². The lowest BCUT2D eigenvalue weighted by atomic mass is 10.2. The minimum Gasteiger partial charge on any atom is -0.308 e. The van der Waals surface area contributed by atoms with Gasteiger partial charge < -0.3 is 5.32 Å². The minimum atomic E-state index is 0.321. The van der Waals surface area contributed by atoms with Crippen molar-refractivity contribution in [1.29, 1.82) is 0 Å². The van der Waals surface area contributed by atoms with Crippen molar-refractivity contribution in [1.82, 2.24) is 15.5 Å². The summed E-state index contributed by atoms with van der Waals surface area (Å²) in [5.41, 5.74) is 1.12. The Morgan fingerprint density at radius 2 is 2.54 bits per heavy atom. The Bertz CT molecular complexity index is 279. The number of aromatic amines is 1. The molecular formula is C10H15N3. The average molecular weight is 177 g/mol. The molecular weight excluding hydrogens is 162 g/mol. The van der Waals surface area contributed by atoms with Crippen molar-refractivity contribution in [3.05, 3.63) is 18.0 Å². The topological polar surface area (TPSA) is 40.7 Å². The van der Waals surface area contributed by atoms with Crippen molar-refractivity contribution < 1.29 is 0 Å². The number of H-pyrrole nitrogens is 1. The van der Waals surface area contributed by atoms with E-state index in [0.29, 0.717) is 6.04 Å². The molecule has 0 aliphatic rings. The predicted molar refractivity (Wildman–Crippen MR) is 53.1 cm³/mol. The Kier molecular flexibility index (Phi) is 4.07. The molecule has 1 aromatic rings. The van der Waals surface area contributed by atoms with Crippen LogP contribution in [0.5, 0.6) is 0 Å². The third kappa shape index (κ3) is 3.30. The standard InChI is InChI=1S/C10H15N3/c1-3-4-5-7-11-9(2)10-6-8-12-13-10/h6,8-9,11H,5,7H2,1-2H3,(H,12,13). The van der Waals surface area contributed by atoms with Gasteiger partial charge in [0.15, 0.2) is 0 Å². The SMILES string of the molecule is CC#CCCNC(C)c1ccn[nH]1. The fourth-order valence-corrected chi connectivity index (χ4v) is 1.09. The van der Waals surface area contributed by atoms with Gasteiger partial charge in [-0.3, -0.25) is 5.10 Å². The van der Waals surface area contributed by atoms with Crippen LogP contribution in [0.2, 0.25) is 0 Å². The Balaban J connectivity index is 2.25. The number of rotatable bonds is 4. The molecule has 1 aromatic heterocycles. The third-order valence-corrected chi connectivity index (χ3v) is 1.87. The summed E-state index contributed by atoms with van der Waals surface area (Å²) >= 11 is 0. The van der Waals surface area contributed by atoms with E-state index in [-0.39, 0.29) is 0 Å². The summed E-state index contributed by atoms with van der Waals surface area (Å²) in [5, 5.41) is 10.2. The van der Waals surface area contributed by atoms with E-state index in [9.17, 15) is 0 Å². The average Bonchev–Trinajstić information content (AvgIpc) is 2.65. The lowest BCUT2D eigenvalue weighted by Crippen LogP contribution is -2.19. The maximum atomic E-state index is 3.89. The van der Waals surface area contributed by atoms with E-state index in [2.05, 4.69) is 34.3 Å². The first-order chi connectivity index (χ1) is 6.34. The molecule has 13 heavy (non-hydrogen) atoms. The molecule has 1 heterocycles. The Morgan fingerprint density at radius 1 is 1.69 bits per heavy atom. The summed E-state index contributed by atoms with van der Waals surface area (Å²) in [6.45, 7) is 4.88. The van der Waals surface area contributed by atoms with Crippen LogP contribution in [0, 0.1) is 11.8 Å². The summed E-state index contributed by atoms with van der Waals surface area (Å²) in [6, 6.07) is 2.30. The molecule has 0 bridgehead atoms. The fraction of sp³-hybridized carbons (Fsp3) is 0.500. The van der Waals surface area contributed by atoms with Crippen molar-refractivity contribution in [2.45, 2.75) is 26.3 Å². The highest BCUT2D eigenvalue weighted by Gasteiger charge is 2.03. The molecule has 0 aliphatic carbocycles. The fourth-order valence-electron chi connectivity index (χ4n) is 1.09. The molecule has 0 saturated heterocycles. The molecule has 1 unspecified atom stereocenters. The normalized spacial score (nSPS) is 11.8. The van der Waals surface area contributed by atoms with Crippen molar-refractivity contribution in [2.24, 2.45) is 0 Å². The Morgan fingerprint density at radius 3 is 3.15 bits per heavy atom. The van der Waals surface area contributed by atoms with Gasteiger partial charge in [0.2, 0.25) is 0 Å². The molecule has 3 heteroatoms. The quantitative estimate of drug-likeness (QED) is 0.540. The zero-order chi connectivity index (χ0) is 9.52. The first-order valence-corrected chi connectivity index (χ1v) is 4.47. The second kappa shape index (κ2) is 5.39. The molecule has 1 atom stereocenters. The molecule has 0 amide bonds. The molecule has 0 aromatic carbocycles. The first-order valence-electron chi connectivity index (χ1n) is 4.47. The van der Waals surface area contributed by atoms with Gasteiger partial charge in [0.05, 0.1) is 5.69 Å². The second-order valence-electron chi connectivity index (χ2n) is 2.86. The van der Waals surface area contributed by atoms with Crippen LogP contribution in [0.3, 0.4) is 0 Å². The number of nitrogens with zero attached hydrogens (tertiary/aromatic N) is 1. The first kappa shape index (κ1) is 9.82. The highest BCUT2D eigenvalue weighted by Crippen LogP contribution is 2.06. The Hall–Kier alpha value is -1.27. The summed E-state index contributed by atoms with van der Waals surface area (Å²) in [5.74, 6) is 5.88. The van der Waals surface area contributed by atoms with Gasteiger partial charge in [-0.25, -0.2) is 0 Å². The van der Waals surface area contributed by atoms with Crippen molar-refractivity contribution in [3.8, 4) is 11.8 Å². The van der Waals surface area contributed by atoms with E-state index in [1.54, 1.807) is 6.20 Å². The van der Waals surface area contributed by atoms with E-state index >= 15 is 0 Å². The summed E-state index contributed by atoms with van der Waals surface area (Å²) in [7, 11) is 0. The van der Waals surface area contributed by atoms with Gasteiger partial charge in [-0.1, -0.05) is 0 Å². The maximum Gasteiger partial charge on any atom is 0.0518 e. The number of nitrogens with one attached hydrogen (secondary N) is 2. The largest absolute Gasteiger partial charge is 0.308 e. The third-order valence-electron chi connectivity index (χ3n) is 1.87. The van der Waals surface area contributed by atoms with Gasteiger partial charge in [-0.05, 0) is 19.9 Å². The van der Waals surface area contributed by atoms with Crippen LogP contribution >= 0.6 is 0 Å². The molecule has 0 spiro atoms. The number of aromatic nitrogens is 2. The molecule has 2 N–H and O–H groups in total. The Labute approximate surface area is 78.9 Å². The molecule has 0 aliphatic heterocycles.